The zero-order valence-electron chi connectivity index (χ0n) is 12.6. The van der Waals surface area contributed by atoms with Gasteiger partial charge in [-0.1, -0.05) is 0 Å². The van der Waals surface area contributed by atoms with E-state index in [-0.39, 0.29) is 11.8 Å². The summed E-state index contributed by atoms with van der Waals surface area (Å²) < 4.78 is 1.96. The number of amides is 2. The first-order valence-corrected chi connectivity index (χ1v) is 8.42. The van der Waals surface area contributed by atoms with Gasteiger partial charge in [0, 0.05) is 45.0 Å². The van der Waals surface area contributed by atoms with Crippen LogP contribution in [0.2, 0.25) is 0 Å². The first-order chi connectivity index (χ1) is 10.7. The fourth-order valence-corrected chi connectivity index (χ4v) is 3.33. The molecule has 0 bridgehead atoms. The Morgan fingerprint density at radius 2 is 1.82 bits per heavy atom. The van der Waals surface area contributed by atoms with E-state index in [1.165, 1.54) is 0 Å². The Balaban J connectivity index is 1.63. The van der Waals surface area contributed by atoms with Gasteiger partial charge in [-0.2, -0.15) is 5.10 Å². The van der Waals surface area contributed by atoms with Gasteiger partial charge in [0.15, 0.2) is 0 Å². The number of rotatable bonds is 3. The van der Waals surface area contributed by atoms with Crippen LogP contribution >= 0.6 is 11.6 Å². The molecule has 0 radical (unpaired) electrons. The summed E-state index contributed by atoms with van der Waals surface area (Å²) in [5, 5.41) is 4.33. The van der Waals surface area contributed by atoms with Crippen LogP contribution in [-0.4, -0.2) is 63.5 Å². The standard InChI is InChI=1S/C15H21ClN4O2/c16-5-4-14(21)18-7-9-19(10-8-18)15(22)12-11-17-20-6-2-1-3-13(12)20/h11H,1-10H2. The smallest absolute Gasteiger partial charge is 0.257 e. The Hall–Kier alpha value is -1.56. The monoisotopic (exact) mass is 324 g/mol. The molecule has 0 aliphatic carbocycles. The number of piperazine rings is 1. The van der Waals surface area contributed by atoms with Crippen molar-refractivity contribution in [3.8, 4) is 0 Å². The second kappa shape index (κ2) is 6.69. The minimum Gasteiger partial charge on any atom is -0.339 e. The third-order valence-electron chi connectivity index (χ3n) is 4.44. The molecule has 0 atom stereocenters. The van der Waals surface area contributed by atoms with Gasteiger partial charge in [-0.15, -0.1) is 11.6 Å². The number of carbonyl (C=O) groups excluding carboxylic acids is 2. The molecule has 0 saturated carbocycles. The average Bonchev–Trinajstić information content (AvgIpc) is 2.98. The van der Waals surface area contributed by atoms with Gasteiger partial charge in [0.1, 0.15) is 0 Å². The number of fused-ring (bicyclic) bond motifs is 1. The number of carbonyl (C=O) groups is 2. The van der Waals surface area contributed by atoms with Crippen molar-refractivity contribution < 1.29 is 9.59 Å². The van der Waals surface area contributed by atoms with E-state index in [1.54, 1.807) is 11.1 Å². The van der Waals surface area contributed by atoms with E-state index in [2.05, 4.69) is 5.10 Å². The minimum atomic E-state index is 0.0487. The van der Waals surface area contributed by atoms with Crippen LogP contribution in [0.3, 0.4) is 0 Å². The summed E-state index contributed by atoms with van der Waals surface area (Å²) >= 11 is 5.61. The molecule has 2 amide bonds. The van der Waals surface area contributed by atoms with Crippen LogP contribution in [-0.2, 0) is 17.8 Å². The van der Waals surface area contributed by atoms with Gasteiger partial charge >= 0.3 is 0 Å². The number of alkyl halides is 1. The molecule has 2 aliphatic heterocycles. The first-order valence-electron chi connectivity index (χ1n) is 7.88. The van der Waals surface area contributed by atoms with E-state index in [9.17, 15) is 9.59 Å². The summed E-state index contributed by atoms with van der Waals surface area (Å²) in [6.07, 6.45) is 5.24. The third kappa shape index (κ3) is 2.97. The molecule has 2 aliphatic rings. The highest BCUT2D eigenvalue weighted by atomic mass is 35.5. The lowest BCUT2D eigenvalue weighted by Gasteiger charge is -2.34. The van der Waals surface area contributed by atoms with Crippen molar-refractivity contribution >= 4 is 23.4 Å². The van der Waals surface area contributed by atoms with Gasteiger partial charge in [-0.25, -0.2) is 0 Å². The van der Waals surface area contributed by atoms with Gasteiger partial charge in [-0.05, 0) is 19.3 Å². The zero-order chi connectivity index (χ0) is 15.5. The lowest BCUT2D eigenvalue weighted by molar-refractivity contribution is -0.132. The largest absolute Gasteiger partial charge is 0.339 e. The van der Waals surface area contributed by atoms with E-state index in [1.807, 2.05) is 9.58 Å². The number of aromatic nitrogens is 2. The Morgan fingerprint density at radius 1 is 1.09 bits per heavy atom. The number of halogens is 1. The van der Waals surface area contributed by atoms with E-state index in [4.69, 9.17) is 11.6 Å². The predicted molar refractivity (Wildman–Crippen MR) is 83.0 cm³/mol. The number of hydrogen-bond acceptors (Lipinski definition) is 3. The highest BCUT2D eigenvalue weighted by molar-refractivity contribution is 6.18. The molecule has 0 spiro atoms. The fraction of sp³-hybridized carbons (Fsp3) is 0.667. The average molecular weight is 325 g/mol. The summed E-state index contributed by atoms with van der Waals surface area (Å²) in [4.78, 5) is 28.1. The Kier molecular flexibility index (Phi) is 4.66. The highest BCUT2D eigenvalue weighted by Crippen LogP contribution is 2.20. The van der Waals surface area contributed by atoms with Gasteiger partial charge < -0.3 is 9.80 Å². The molecule has 22 heavy (non-hydrogen) atoms. The van der Waals surface area contributed by atoms with E-state index in [0.29, 0.717) is 38.5 Å². The summed E-state index contributed by atoms with van der Waals surface area (Å²) in [5.41, 5.74) is 1.80. The normalized spacial score (nSPS) is 18.2. The van der Waals surface area contributed by atoms with Crippen molar-refractivity contribution in [3.63, 3.8) is 0 Å². The van der Waals surface area contributed by atoms with Crippen molar-refractivity contribution in [2.24, 2.45) is 0 Å². The summed E-state index contributed by atoms with van der Waals surface area (Å²) in [6.45, 7) is 3.24. The van der Waals surface area contributed by atoms with Crippen molar-refractivity contribution in [1.29, 1.82) is 0 Å². The summed E-state index contributed by atoms with van der Waals surface area (Å²) in [7, 11) is 0. The SMILES string of the molecule is O=C(CCCl)N1CCN(C(=O)c2cnn3c2CCCC3)CC1. The van der Waals surface area contributed by atoms with Crippen molar-refractivity contribution in [3.05, 3.63) is 17.5 Å². The zero-order valence-corrected chi connectivity index (χ0v) is 13.4. The van der Waals surface area contributed by atoms with E-state index in [0.717, 1.165) is 37.1 Å². The molecule has 7 heteroatoms. The maximum absolute atomic E-state index is 12.7. The van der Waals surface area contributed by atoms with Crippen LogP contribution in [0, 0.1) is 0 Å². The highest BCUT2D eigenvalue weighted by Gasteiger charge is 2.28. The minimum absolute atomic E-state index is 0.0487. The quantitative estimate of drug-likeness (QED) is 0.783. The Labute approximate surface area is 135 Å². The maximum atomic E-state index is 12.7. The van der Waals surface area contributed by atoms with E-state index < -0.39 is 0 Å². The topological polar surface area (TPSA) is 58.4 Å². The molecule has 6 nitrogen and oxygen atoms in total. The lowest BCUT2D eigenvalue weighted by atomic mass is 10.1. The number of aryl methyl sites for hydroxylation is 1. The molecule has 1 fully saturated rings. The molecule has 3 rings (SSSR count). The van der Waals surface area contributed by atoms with Crippen LogP contribution in [0.1, 0.15) is 35.3 Å². The van der Waals surface area contributed by atoms with Crippen LogP contribution in [0.5, 0.6) is 0 Å². The first kappa shape index (κ1) is 15.3. The van der Waals surface area contributed by atoms with Gasteiger partial charge in [0.2, 0.25) is 5.91 Å². The molecule has 0 aromatic carbocycles. The predicted octanol–water partition coefficient (Wildman–Crippen LogP) is 1.13. The Morgan fingerprint density at radius 3 is 2.55 bits per heavy atom. The molecule has 0 N–H and O–H groups in total. The molecule has 1 aromatic heterocycles. The fourth-order valence-electron chi connectivity index (χ4n) is 3.17. The molecular formula is C15H21ClN4O2. The van der Waals surface area contributed by atoms with Crippen LogP contribution in [0.15, 0.2) is 6.20 Å². The number of hydrogen-bond donors (Lipinski definition) is 0. The molecule has 1 saturated heterocycles. The maximum Gasteiger partial charge on any atom is 0.257 e. The van der Waals surface area contributed by atoms with Crippen molar-refractivity contribution in [2.75, 3.05) is 32.1 Å². The molecule has 0 unspecified atom stereocenters. The second-order valence-corrected chi connectivity index (χ2v) is 6.18. The van der Waals surface area contributed by atoms with Crippen LogP contribution in [0.4, 0.5) is 0 Å². The van der Waals surface area contributed by atoms with Crippen LogP contribution < -0.4 is 0 Å². The number of nitrogens with zero attached hydrogens (tertiary/aromatic N) is 4. The molecule has 3 heterocycles. The third-order valence-corrected chi connectivity index (χ3v) is 4.63. The lowest BCUT2D eigenvalue weighted by Crippen LogP contribution is -2.50. The summed E-state index contributed by atoms with van der Waals surface area (Å²) in [5.74, 6) is 0.471. The van der Waals surface area contributed by atoms with Crippen molar-refractivity contribution in [1.82, 2.24) is 19.6 Å². The molecule has 120 valence electrons. The second-order valence-electron chi connectivity index (χ2n) is 5.80. The molecular weight excluding hydrogens is 304 g/mol. The van der Waals surface area contributed by atoms with Gasteiger partial charge in [0.25, 0.3) is 5.91 Å². The van der Waals surface area contributed by atoms with Crippen molar-refractivity contribution in [2.45, 2.75) is 32.2 Å². The van der Waals surface area contributed by atoms with E-state index >= 15 is 0 Å². The molecule has 1 aromatic rings. The van der Waals surface area contributed by atoms with Gasteiger partial charge in [0.05, 0.1) is 17.5 Å². The Bertz CT molecular complexity index is 564. The van der Waals surface area contributed by atoms with Gasteiger partial charge in [-0.3, -0.25) is 14.3 Å². The van der Waals surface area contributed by atoms with Crippen LogP contribution in [0.25, 0.3) is 0 Å². The summed E-state index contributed by atoms with van der Waals surface area (Å²) in [6, 6.07) is 0.